The Morgan fingerprint density at radius 3 is 2.03 bits per heavy atom. The quantitative estimate of drug-likeness (QED) is 0.424. The average molecular weight is 454 g/mol. The summed E-state index contributed by atoms with van der Waals surface area (Å²) in [4.78, 5) is 0.186. The average Bonchev–Trinajstić information content (AvgIpc) is 2.69. The number of thiocarbonyl (C=S) groups is 1. The van der Waals surface area contributed by atoms with Crippen LogP contribution in [0.25, 0.3) is 0 Å². The van der Waals surface area contributed by atoms with Crippen molar-refractivity contribution < 1.29 is 8.42 Å². The third kappa shape index (κ3) is 5.42. The molecular formula is C24H27N3O2S2. The predicted molar refractivity (Wildman–Crippen MR) is 134 cm³/mol. The lowest BCUT2D eigenvalue weighted by Gasteiger charge is -2.15. The van der Waals surface area contributed by atoms with Gasteiger partial charge in [0.1, 0.15) is 0 Å². The first-order chi connectivity index (χ1) is 14.6. The van der Waals surface area contributed by atoms with Crippen molar-refractivity contribution in [1.29, 1.82) is 0 Å². The van der Waals surface area contributed by atoms with Crippen LogP contribution in [0.5, 0.6) is 0 Å². The van der Waals surface area contributed by atoms with Crippen LogP contribution in [0.3, 0.4) is 0 Å². The molecule has 0 aliphatic heterocycles. The van der Waals surface area contributed by atoms with E-state index in [4.69, 9.17) is 12.2 Å². The van der Waals surface area contributed by atoms with Crippen molar-refractivity contribution in [2.75, 3.05) is 15.4 Å². The van der Waals surface area contributed by atoms with E-state index < -0.39 is 10.0 Å². The van der Waals surface area contributed by atoms with Crippen LogP contribution >= 0.6 is 12.2 Å². The Hall–Kier alpha value is -2.90. The summed E-state index contributed by atoms with van der Waals surface area (Å²) in [6.07, 6.45) is 0. The van der Waals surface area contributed by atoms with Gasteiger partial charge < -0.3 is 10.6 Å². The summed E-state index contributed by atoms with van der Waals surface area (Å²) in [5.74, 6) is 0. The van der Waals surface area contributed by atoms with Gasteiger partial charge in [0, 0.05) is 11.4 Å². The van der Waals surface area contributed by atoms with Crippen LogP contribution in [0, 0.1) is 34.6 Å². The molecule has 0 unspecified atom stereocenters. The van der Waals surface area contributed by atoms with Crippen LogP contribution in [0.2, 0.25) is 0 Å². The fraction of sp³-hybridized carbons (Fsp3) is 0.208. The van der Waals surface area contributed by atoms with Crippen LogP contribution in [0.15, 0.2) is 59.5 Å². The van der Waals surface area contributed by atoms with E-state index in [9.17, 15) is 8.42 Å². The van der Waals surface area contributed by atoms with Gasteiger partial charge in [-0.15, -0.1) is 0 Å². The number of sulfonamides is 1. The van der Waals surface area contributed by atoms with E-state index in [1.54, 1.807) is 24.3 Å². The van der Waals surface area contributed by atoms with Crippen LogP contribution in [-0.2, 0) is 10.0 Å². The molecule has 3 N–H and O–H groups in total. The van der Waals surface area contributed by atoms with Crippen LogP contribution in [0.4, 0.5) is 17.1 Å². The molecule has 3 aromatic rings. The van der Waals surface area contributed by atoms with Crippen molar-refractivity contribution >= 4 is 44.4 Å². The van der Waals surface area contributed by atoms with Gasteiger partial charge in [-0.1, -0.05) is 29.8 Å². The minimum absolute atomic E-state index is 0.186. The summed E-state index contributed by atoms with van der Waals surface area (Å²) < 4.78 is 28.4. The minimum Gasteiger partial charge on any atom is -0.332 e. The van der Waals surface area contributed by atoms with E-state index in [2.05, 4.69) is 15.4 Å². The Bertz CT molecular complexity index is 1210. The fourth-order valence-electron chi connectivity index (χ4n) is 3.42. The number of aryl methyl sites for hydroxylation is 4. The first kappa shape index (κ1) is 22.8. The number of hydrogen-bond acceptors (Lipinski definition) is 3. The zero-order valence-electron chi connectivity index (χ0n) is 18.3. The van der Waals surface area contributed by atoms with Gasteiger partial charge in [-0.05, 0) is 99.4 Å². The van der Waals surface area contributed by atoms with Crippen molar-refractivity contribution in [3.05, 3.63) is 82.4 Å². The molecule has 0 saturated heterocycles. The molecule has 0 radical (unpaired) electrons. The summed E-state index contributed by atoms with van der Waals surface area (Å²) in [5, 5.41) is 6.72. The van der Waals surface area contributed by atoms with Crippen molar-refractivity contribution in [3.63, 3.8) is 0 Å². The largest absolute Gasteiger partial charge is 0.332 e. The van der Waals surface area contributed by atoms with Gasteiger partial charge in [0.2, 0.25) is 0 Å². The number of hydrogen-bond donors (Lipinski definition) is 3. The standard InChI is InChI=1S/C24H27N3O2S2/c1-15-13-17(3)23(18(4)14-15)27-31(28,29)21-11-9-20(10-12-21)25-24(30)26-22-8-6-7-16(2)19(22)5/h6-14,27H,1-5H3,(H2,25,26,30). The molecule has 0 spiro atoms. The molecule has 3 rings (SSSR count). The van der Waals surface area contributed by atoms with Gasteiger partial charge in [0.15, 0.2) is 5.11 Å². The lowest BCUT2D eigenvalue weighted by molar-refractivity contribution is 0.601. The Balaban J connectivity index is 1.72. The second kappa shape index (κ2) is 9.08. The normalized spacial score (nSPS) is 11.1. The van der Waals surface area contributed by atoms with Crippen molar-refractivity contribution in [1.82, 2.24) is 0 Å². The predicted octanol–water partition coefficient (Wildman–Crippen LogP) is 5.84. The van der Waals surface area contributed by atoms with Crippen molar-refractivity contribution in [3.8, 4) is 0 Å². The zero-order valence-corrected chi connectivity index (χ0v) is 20.0. The molecule has 0 fully saturated rings. The van der Waals surface area contributed by atoms with E-state index in [0.29, 0.717) is 16.5 Å². The molecule has 7 heteroatoms. The van der Waals surface area contributed by atoms with E-state index in [1.807, 2.05) is 65.0 Å². The highest BCUT2D eigenvalue weighted by molar-refractivity contribution is 7.92. The van der Waals surface area contributed by atoms with Gasteiger partial charge in [-0.25, -0.2) is 8.42 Å². The number of anilines is 3. The van der Waals surface area contributed by atoms with Crippen molar-refractivity contribution in [2.45, 2.75) is 39.5 Å². The summed E-state index contributed by atoms with van der Waals surface area (Å²) in [7, 11) is -3.70. The molecule has 3 aromatic carbocycles. The molecule has 31 heavy (non-hydrogen) atoms. The summed E-state index contributed by atoms with van der Waals surface area (Å²) >= 11 is 5.40. The lowest BCUT2D eigenvalue weighted by Crippen LogP contribution is -2.20. The Morgan fingerprint density at radius 1 is 0.806 bits per heavy atom. The third-order valence-corrected chi connectivity index (χ3v) is 6.76. The summed E-state index contributed by atoms with van der Waals surface area (Å²) in [6, 6.07) is 16.4. The highest BCUT2D eigenvalue weighted by atomic mass is 32.2. The molecule has 0 atom stereocenters. The van der Waals surface area contributed by atoms with E-state index >= 15 is 0 Å². The molecule has 0 amide bonds. The SMILES string of the molecule is Cc1cc(C)c(NS(=O)(=O)c2ccc(NC(=S)Nc3cccc(C)c3C)cc2)c(C)c1. The summed E-state index contributed by atoms with van der Waals surface area (Å²) in [6.45, 7) is 9.86. The Kier molecular flexibility index (Phi) is 6.67. The Morgan fingerprint density at radius 2 is 1.42 bits per heavy atom. The van der Waals surface area contributed by atoms with Crippen LogP contribution in [0.1, 0.15) is 27.8 Å². The fourth-order valence-corrected chi connectivity index (χ4v) is 4.85. The van der Waals surface area contributed by atoms with E-state index in [-0.39, 0.29) is 4.90 Å². The maximum Gasteiger partial charge on any atom is 0.261 e. The van der Waals surface area contributed by atoms with E-state index in [1.165, 1.54) is 5.56 Å². The monoisotopic (exact) mass is 453 g/mol. The maximum absolute atomic E-state index is 12.9. The van der Waals surface area contributed by atoms with Crippen molar-refractivity contribution in [2.24, 2.45) is 0 Å². The van der Waals surface area contributed by atoms with Gasteiger partial charge >= 0.3 is 0 Å². The smallest absolute Gasteiger partial charge is 0.261 e. The highest BCUT2D eigenvalue weighted by Gasteiger charge is 2.17. The molecule has 0 aliphatic rings. The summed E-state index contributed by atoms with van der Waals surface area (Å²) in [5.41, 5.74) is 7.43. The first-order valence-corrected chi connectivity index (χ1v) is 11.8. The van der Waals surface area contributed by atoms with Gasteiger partial charge in [0.25, 0.3) is 10.0 Å². The zero-order chi connectivity index (χ0) is 22.8. The number of nitrogens with one attached hydrogen (secondary N) is 3. The molecule has 0 aliphatic carbocycles. The molecule has 162 valence electrons. The van der Waals surface area contributed by atoms with E-state index in [0.717, 1.165) is 27.9 Å². The van der Waals surface area contributed by atoms with Crippen LogP contribution in [-0.4, -0.2) is 13.5 Å². The minimum atomic E-state index is -3.70. The third-order valence-electron chi connectivity index (χ3n) is 5.19. The van der Waals surface area contributed by atoms with Gasteiger partial charge in [-0.3, -0.25) is 4.72 Å². The molecule has 0 heterocycles. The molecule has 0 saturated carbocycles. The first-order valence-electron chi connectivity index (χ1n) is 9.92. The molecular weight excluding hydrogens is 426 g/mol. The number of rotatable bonds is 5. The lowest BCUT2D eigenvalue weighted by atomic mass is 10.1. The van der Waals surface area contributed by atoms with Crippen LogP contribution < -0.4 is 15.4 Å². The Labute approximate surface area is 190 Å². The second-order valence-electron chi connectivity index (χ2n) is 7.73. The topological polar surface area (TPSA) is 70.2 Å². The molecule has 5 nitrogen and oxygen atoms in total. The van der Waals surface area contributed by atoms with Gasteiger partial charge in [0.05, 0.1) is 10.6 Å². The van der Waals surface area contributed by atoms with Gasteiger partial charge in [-0.2, -0.15) is 0 Å². The highest BCUT2D eigenvalue weighted by Crippen LogP contribution is 2.26. The number of benzene rings is 3. The second-order valence-corrected chi connectivity index (χ2v) is 9.82. The molecule has 0 aromatic heterocycles. The molecule has 0 bridgehead atoms. The maximum atomic E-state index is 12.9.